The van der Waals surface area contributed by atoms with Crippen molar-refractivity contribution < 1.29 is 32.9 Å². The minimum atomic E-state index is -3.77. The first-order valence-corrected chi connectivity index (χ1v) is 11.8. The van der Waals surface area contributed by atoms with Crippen LogP contribution in [0.2, 0.25) is 0 Å². The van der Waals surface area contributed by atoms with Crippen molar-refractivity contribution in [1.82, 2.24) is 0 Å². The third-order valence-electron chi connectivity index (χ3n) is 3.13. The summed E-state index contributed by atoms with van der Waals surface area (Å²) >= 11 is 11.4. The lowest BCUT2D eigenvalue weighted by atomic mass is 10.2. The SMILES string of the molecule is CCCOC(C)(O)C(OCCC)(OCCC)OP(=O)(CCCl)OCCCl. The van der Waals surface area contributed by atoms with Crippen molar-refractivity contribution in [1.29, 1.82) is 0 Å². The van der Waals surface area contributed by atoms with Gasteiger partial charge in [0.05, 0.1) is 32.6 Å². The Balaban J connectivity index is 5.83. The Kier molecular flexibility index (Phi) is 14.0. The summed E-state index contributed by atoms with van der Waals surface area (Å²) in [5.74, 6) is -4.01. The van der Waals surface area contributed by atoms with Gasteiger partial charge in [-0.3, -0.25) is 4.57 Å². The van der Waals surface area contributed by atoms with E-state index in [1.807, 2.05) is 20.8 Å². The maximum Gasteiger partial charge on any atom is 0.347 e. The van der Waals surface area contributed by atoms with Crippen LogP contribution in [0.4, 0.5) is 0 Å². The Labute approximate surface area is 167 Å². The van der Waals surface area contributed by atoms with Crippen LogP contribution in [-0.2, 0) is 27.8 Å². The number of hydrogen-bond acceptors (Lipinski definition) is 7. The third-order valence-corrected chi connectivity index (χ3v) is 5.60. The highest BCUT2D eigenvalue weighted by molar-refractivity contribution is 7.54. The minimum absolute atomic E-state index is 0.00861. The first-order valence-electron chi connectivity index (χ1n) is 8.96. The fraction of sp³-hybridized carbons (Fsp3) is 1.00. The maximum atomic E-state index is 13.1. The molecule has 0 bridgehead atoms. The molecule has 10 heteroatoms. The molecule has 0 aliphatic heterocycles. The molecular weight excluding hydrogens is 406 g/mol. The Bertz CT molecular complexity index is 402. The van der Waals surface area contributed by atoms with Crippen LogP contribution in [0.25, 0.3) is 0 Å². The third kappa shape index (κ3) is 8.72. The van der Waals surface area contributed by atoms with Crippen LogP contribution in [0.3, 0.4) is 0 Å². The van der Waals surface area contributed by atoms with Crippen molar-refractivity contribution in [3.8, 4) is 0 Å². The summed E-state index contributed by atoms with van der Waals surface area (Å²) in [6, 6.07) is 0. The zero-order valence-electron chi connectivity index (χ0n) is 16.2. The van der Waals surface area contributed by atoms with Gasteiger partial charge in [0.1, 0.15) is 0 Å². The van der Waals surface area contributed by atoms with Gasteiger partial charge >= 0.3 is 13.6 Å². The van der Waals surface area contributed by atoms with E-state index >= 15 is 0 Å². The molecule has 7 nitrogen and oxygen atoms in total. The standard InChI is InChI=1S/C16H33Cl2O7P/c1-5-10-21-15(4,19)16(22-11-6-2,23-12-7-3)25-26(20,14-9-18)24-13-8-17/h19H,5-14H2,1-4H3. The Hall–Kier alpha value is 0.570. The molecular formula is C16H33Cl2O7P. The summed E-state index contributed by atoms with van der Waals surface area (Å²) in [4.78, 5) is 0. The molecule has 158 valence electrons. The second-order valence-electron chi connectivity index (χ2n) is 5.72. The van der Waals surface area contributed by atoms with E-state index < -0.39 is 19.4 Å². The van der Waals surface area contributed by atoms with Crippen LogP contribution in [0, 0.1) is 0 Å². The molecule has 0 aliphatic rings. The predicted octanol–water partition coefficient (Wildman–Crippen LogP) is 4.33. The van der Waals surface area contributed by atoms with Crippen molar-refractivity contribution in [3.05, 3.63) is 0 Å². The van der Waals surface area contributed by atoms with Crippen LogP contribution >= 0.6 is 30.8 Å². The van der Waals surface area contributed by atoms with Gasteiger partial charge in [0.2, 0.25) is 5.79 Å². The van der Waals surface area contributed by atoms with Gasteiger partial charge in [-0.25, -0.2) is 4.52 Å². The minimum Gasteiger partial charge on any atom is -0.359 e. The molecule has 2 unspecified atom stereocenters. The second-order valence-corrected chi connectivity index (χ2v) is 8.59. The molecule has 0 saturated heterocycles. The first-order chi connectivity index (χ1) is 12.3. The van der Waals surface area contributed by atoms with Crippen molar-refractivity contribution in [2.24, 2.45) is 0 Å². The van der Waals surface area contributed by atoms with Gasteiger partial charge in [0.15, 0.2) is 0 Å². The van der Waals surface area contributed by atoms with E-state index in [1.165, 1.54) is 6.92 Å². The molecule has 0 aromatic rings. The average molecular weight is 439 g/mol. The molecule has 0 amide bonds. The fourth-order valence-corrected chi connectivity index (χ4v) is 4.20. The monoisotopic (exact) mass is 438 g/mol. The molecule has 1 N–H and O–H groups in total. The summed E-state index contributed by atoms with van der Waals surface area (Å²) in [6.45, 7) is 7.60. The molecule has 0 fully saturated rings. The summed E-state index contributed by atoms with van der Waals surface area (Å²) in [5.41, 5.74) is 0. The quantitative estimate of drug-likeness (QED) is 0.205. The van der Waals surface area contributed by atoms with Crippen molar-refractivity contribution >= 4 is 30.8 Å². The van der Waals surface area contributed by atoms with E-state index in [0.717, 1.165) is 0 Å². The Morgan fingerprint density at radius 1 is 0.885 bits per heavy atom. The molecule has 0 heterocycles. The molecule has 0 aromatic heterocycles. The zero-order valence-corrected chi connectivity index (χ0v) is 18.6. The molecule has 0 spiro atoms. The van der Waals surface area contributed by atoms with E-state index in [9.17, 15) is 9.67 Å². The number of aliphatic hydroxyl groups is 1. The maximum absolute atomic E-state index is 13.1. The van der Waals surface area contributed by atoms with Crippen LogP contribution in [-0.4, -0.2) is 61.2 Å². The van der Waals surface area contributed by atoms with Crippen LogP contribution in [0.15, 0.2) is 0 Å². The predicted molar refractivity (Wildman–Crippen MR) is 103 cm³/mol. The highest BCUT2D eigenvalue weighted by atomic mass is 35.5. The normalized spacial score (nSPS) is 17.0. The lowest BCUT2D eigenvalue weighted by molar-refractivity contribution is -0.464. The van der Waals surface area contributed by atoms with E-state index in [0.29, 0.717) is 19.3 Å². The molecule has 0 rings (SSSR count). The van der Waals surface area contributed by atoms with Gasteiger partial charge in [-0.15, -0.1) is 23.2 Å². The highest BCUT2D eigenvalue weighted by Gasteiger charge is 2.57. The molecule has 0 aliphatic carbocycles. The van der Waals surface area contributed by atoms with E-state index in [2.05, 4.69) is 0 Å². The zero-order chi connectivity index (χ0) is 20.1. The number of alkyl halides is 2. The summed E-state index contributed by atoms with van der Waals surface area (Å²) in [7, 11) is -3.77. The lowest BCUT2D eigenvalue weighted by Gasteiger charge is -2.43. The van der Waals surface area contributed by atoms with Gasteiger partial charge in [-0.2, -0.15) is 0 Å². The van der Waals surface area contributed by atoms with Crippen LogP contribution < -0.4 is 0 Å². The van der Waals surface area contributed by atoms with E-state index in [4.69, 9.17) is 46.5 Å². The van der Waals surface area contributed by atoms with E-state index in [-0.39, 0.29) is 44.3 Å². The lowest BCUT2D eigenvalue weighted by Crippen LogP contribution is -2.59. The molecule has 2 atom stereocenters. The smallest absolute Gasteiger partial charge is 0.347 e. The number of rotatable bonds is 17. The second kappa shape index (κ2) is 13.7. The topological polar surface area (TPSA) is 83.5 Å². The van der Waals surface area contributed by atoms with Crippen molar-refractivity contribution in [3.63, 3.8) is 0 Å². The summed E-state index contributed by atoms with van der Waals surface area (Å²) in [5, 5.41) is 10.9. The van der Waals surface area contributed by atoms with E-state index in [1.54, 1.807) is 0 Å². The molecule has 26 heavy (non-hydrogen) atoms. The number of ether oxygens (including phenoxy) is 3. The molecule has 0 aromatic carbocycles. The van der Waals surface area contributed by atoms with Gasteiger partial charge in [0, 0.05) is 11.8 Å². The van der Waals surface area contributed by atoms with Crippen molar-refractivity contribution in [2.45, 2.75) is 58.7 Å². The number of halogens is 2. The van der Waals surface area contributed by atoms with Crippen LogP contribution in [0.5, 0.6) is 0 Å². The first kappa shape index (κ1) is 26.6. The van der Waals surface area contributed by atoms with Crippen molar-refractivity contribution in [2.75, 3.05) is 44.3 Å². The highest BCUT2D eigenvalue weighted by Crippen LogP contribution is 2.54. The summed E-state index contributed by atoms with van der Waals surface area (Å²) in [6.07, 6.45) is 1.79. The van der Waals surface area contributed by atoms with Crippen LogP contribution in [0.1, 0.15) is 47.0 Å². The Morgan fingerprint density at radius 2 is 1.38 bits per heavy atom. The van der Waals surface area contributed by atoms with Gasteiger partial charge in [-0.05, 0) is 26.2 Å². The largest absolute Gasteiger partial charge is 0.359 e. The molecule has 0 radical (unpaired) electrons. The number of hydrogen-bond donors (Lipinski definition) is 1. The summed E-state index contributed by atoms with van der Waals surface area (Å²) < 4.78 is 41.1. The average Bonchev–Trinajstić information content (AvgIpc) is 2.60. The van der Waals surface area contributed by atoms with Gasteiger partial charge in [0.25, 0.3) is 0 Å². The van der Waals surface area contributed by atoms with Gasteiger partial charge in [-0.1, -0.05) is 20.8 Å². The fourth-order valence-electron chi connectivity index (χ4n) is 1.91. The van der Waals surface area contributed by atoms with Gasteiger partial charge < -0.3 is 23.8 Å². The Morgan fingerprint density at radius 3 is 1.81 bits per heavy atom. The molecule has 0 saturated carbocycles.